The molecular weight excluding hydrogens is 256 g/mol. The Kier molecular flexibility index (Phi) is 4.64. The molecule has 0 aliphatic carbocycles. The van der Waals surface area contributed by atoms with Gasteiger partial charge in [0.2, 0.25) is 5.91 Å². The van der Waals surface area contributed by atoms with Crippen LogP contribution in [0.5, 0.6) is 0 Å². The van der Waals surface area contributed by atoms with Crippen LogP contribution in [0.1, 0.15) is 32.3 Å². The molecule has 1 amide bonds. The van der Waals surface area contributed by atoms with Gasteiger partial charge in [0.25, 0.3) is 0 Å². The lowest BCUT2D eigenvalue weighted by Gasteiger charge is -2.09. The van der Waals surface area contributed by atoms with Gasteiger partial charge in [0.15, 0.2) is 5.17 Å². The molecule has 2 rings (SSSR count). The van der Waals surface area contributed by atoms with Crippen molar-refractivity contribution in [2.45, 2.75) is 31.9 Å². The fraction of sp³-hybridized carbons (Fsp3) is 0.467. The number of rotatable bonds is 4. The highest BCUT2D eigenvalue weighted by molar-refractivity contribution is 8.15. The van der Waals surface area contributed by atoms with Crippen LogP contribution in [-0.2, 0) is 4.79 Å². The first-order valence-electron chi connectivity index (χ1n) is 6.65. The molecule has 1 saturated heterocycles. The number of hydrogen-bond acceptors (Lipinski definition) is 3. The quantitative estimate of drug-likeness (QED) is 0.918. The molecule has 1 unspecified atom stereocenters. The second kappa shape index (κ2) is 6.24. The summed E-state index contributed by atoms with van der Waals surface area (Å²) in [5, 5.41) is 3.64. The highest BCUT2D eigenvalue weighted by Crippen LogP contribution is 2.26. The number of amidine groups is 1. The van der Waals surface area contributed by atoms with Crippen molar-refractivity contribution < 1.29 is 4.79 Å². The van der Waals surface area contributed by atoms with E-state index in [4.69, 9.17) is 0 Å². The summed E-state index contributed by atoms with van der Waals surface area (Å²) < 4.78 is 0. The van der Waals surface area contributed by atoms with E-state index in [1.165, 1.54) is 5.56 Å². The molecule has 0 spiro atoms. The number of nitrogens with one attached hydrogen (secondary N) is 1. The van der Waals surface area contributed by atoms with E-state index >= 15 is 0 Å². The zero-order chi connectivity index (χ0) is 13.8. The maximum absolute atomic E-state index is 11.7. The highest BCUT2D eigenvalue weighted by atomic mass is 32.2. The minimum atomic E-state index is 0.00535. The van der Waals surface area contributed by atoms with E-state index in [-0.39, 0.29) is 11.2 Å². The van der Waals surface area contributed by atoms with Crippen molar-refractivity contribution >= 4 is 22.8 Å². The number of amides is 1. The number of carbonyl (C=O) groups is 1. The van der Waals surface area contributed by atoms with Gasteiger partial charge in [0.1, 0.15) is 0 Å². The van der Waals surface area contributed by atoms with Crippen LogP contribution >= 0.6 is 11.8 Å². The van der Waals surface area contributed by atoms with Crippen LogP contribution < -0.4 is 5.32 Å². The summed E-state index contributed by atoms with van der Waals surface area (Å²) in [6.45, 7) is 6.98. The summed E-state index contributed by atoms with van der Waals surface area (Å²) in [6, 6.07) is 10.3. The first kappa shape index (κ1) is 14.1. The van der Waals surface area contributed by atoms with Gasteiger partial charge in [-0.05, 0) is 11.5 Å². The largest absolute Gasteiger partial charge is 0.304 e. The predicted octanol–water partition coefficient (Wildman–Crippen LogP) is 3.03. The van der Waals surface area contributed by atoms with Crippen LogP contribution in [0.3, 0.4) is 0 Å². The summed E-state index contributed by atoms with van der Waals surface area (Å²) in [4.78, 5) is 16.3. The topological polar surface area (TPSA) is 41.5 Å². The Morgan fingerprint density at radius 1 is 1.26 bits per heavy atom. The van der Waals surface area contributed by atoms with Gasteiger partial charge in [-0.15, -0.1) is 0 Å². The van der Waals surface area contributed by atoms with Crippen molar-refractivity contribution in [3.63, 3.8) is 0 Å². The number of benzene rings is 1. The lowest BCUT2D eigenvalue weighted by Crippen LogP contribution is -2.27. The summed E-state index contributed by atoms with van der Waals surface area (Å²) >= 11 is 1.55. The zero-order valence-corrected chi connectivity index (χ0v) is 12.4. The summed E-state index contributed by atoms with van der Waals surface area (Å²) in [6.07, 6.45) is 0. The third-order valence-electron chi connectivity index (χ3n) is 3.21. The lowest BCUT2D eigenvalue weighted by molar-refractivity contribution is -0.119. The minimum absolute atomic E-state index is 0.00535. The fourth-order valence-corrected chi connectivity index (χ4v) is 2.99. The smallest absolute Gasteiger partial charge is 0.239 e. The molecule has 0 radical (unpaired) electrons. The monoisotopic (exact) mass is 276 g/mol. The van der Waals surface area contributed by atoms with Gasteiger partial charge in [0.05, 0.1) is 5.25 Å². The van der Waals surface area contributed by atoms with Crippen LogP contribution in [0.15, 0.2) is 35.3 Å². The number of thioether (sulfide) groups is 1. The molecule has 1 aromatic carbocycles. The Bertz CT molecular complexity index is 470. The molecule has 102 valence electrons. The molecule has 0 aromatic heterocycles. The number of carbonyl (C=O) groups excluding carboxylic acids is 1. The highest BCUT2D eigenvalue weighted by Gasteiger charge is 2.32. The fourth-order valence-electron chi connectivity index (χ4n) is 2.00. The van der Waals surface area contributed by atoms with Crippen LogP contribution in [0.2, 0.25) is 0 Å². The molecule has 3 nitrogen and oxygen atoms in total. The van der Waals surface area contributed by atoms with Crippen molar-refractivity contribution in [1.82, 2.24) is 5.32 Å². The summed E-state index contributed by atoms with van der Waals surface area (Å²) in [5.74, 6) is 0.791. The molecule has 1 aromatic rings. The predicted molar refractivity (Wildman–Crippen MR) is 81.5 cm³/mol. The average molecular weight is 276 g/mol. The molecular formula is C15H20N2OS. The van der Waals surface area contributed by atoms with Gasteiger partial charge in [-0.25, -0.2) is 0 Å². The van der Waals surface area contributed by atoms with Gasteiger partial charge in [0, 0.05) is 12.5 Å². The third-order valence-corrected chi connectivity index (χ3v) is 4.68. The van der Waals surface area contributed by atoms with Gasteiger partial charge < -0.3 is 5.32 Å². The van der Waals surface area contributed by atoms with E-state index < -0.39 is 0 Å². The molecule has 1 aliphatic rings. The summed E-state index contributed by atoms with van der Waals surface area (Å²) in [5.41, 5.74) is 1.28. The van der Waals surface area contributed by atoms with E-state index in [0.717, 1.165) is 5.17 Å². The normalized spacial score (nSPS) is 22.8. The number of hydrogen-bond donors (Lipinski definition) is 1. The Morgan fingerprint density at radius 2 is 1.95 bits per heavy atom. The first-order valence-corrected chi connectivity index (χ1v) is 7.53. The summed E-state index contributed by atoms with van der Waals surface area (Å²) in [7, 11) is 0. The average Bonchev–Trinajstić information content (AvgIpc) is 2.78. The maximum atomic E-state index is 11.7. The lowest BCUT2D eigenvalue weighted by atomic mass is 10.0. The number of aliphatic imine (C=N–C) groups is 1. The van der Waals surface area contributed by atoms with Crippen molar-refractivity contribution in [2.24, 2.45) is 10.9 Å². The Morgan fingerprint density at radius 3 is 2.53 bits per heavy atom. The Hall–Kier alpha value is -1.29. The van der Waals surface area contributed by atoms with E-state index in [9.17, 15) is 4.79 Å². The van der Waals surface area contributed by atoms with E-state index in [0.29, 0.717) is 18.4 Å². The van der Waals surface area contributed by atoms with E-state index in [1.54, 1.807) is 11.8 Å². The van der Waals surface area contributed by atoms with Crippen LogP contribution in [0, 0.1) is 5.92 Å². The molecule has 1 heterocycles. The van der Waals surface area contributed by atoms with Crippen molar-refractivity contribution in [3.8, 4) is 0 Å². The molecule has 2 atom stereocenters. The van der Waals surface area contributed by atoms with Gasteiger partial charge in [-0.1, -0.05) is 62.9 Å². The van der Waals surface area contributed by atoms with Gasteiger partial charge in [-0.2, -0.15) is 0 Å². The first-order chi connectivity index (χ1) is 9.08. The van der Waals surface area contributed by atoms with Crippen LogP contribution in [0.4, 0.5) is 0 Å². The standard InChI is InChI=1S/C15H20N2OS/c1-10(2)13-14(18)17-15(19-13)16-9-11(3)12-7-5-4-6-8-12/h4-8,10-11,13H,9H2,1-3H3,(H,16,17,18)/t11?,13-/m0/s1. The van der Waals surface area contributed by atoms with Crippen molar-refractivity contribution in [3.05, 3.63) is 35.9 Å². The van der Waals surface area contributed by atoms with E-state index in [1.807, 2.05) is 18.2 Å². The second-order valence-electron chi connectivity index (χ2n) is 5.23. The Balaban J connectivity index is 1.95. The van der Waals surface area contributed by atoms with Gasteiger partial charge in [-0.3, -0.25) is 9.79 Å². The molecule has 1 N–H and O–H groups in total. The van der Waals surface area contributed by atoms with Gasteiger partial charge >= 0.3 is 0 Å². The van der Waals surface area contributed by atoms with Crippen LogP contribution in [0.25, 0.3) is 0 Å². The molecule has 19 heavy (non-hydrogen) atoms. The van der Waals surface area contributed by atoms with Crippen LogP contribution in [-0.4, -0.2) is 22.9 Å². The molecule has 1 aliphatic heterocycles. The van der Waals surface area contributed by atoms with E-state index in [2.05, 4.69) is 43.2 Å². The molecule has 0 saturated carbocycles. The minimum Gasteiger partial charge on any atom is -0.304 e. The molecule has 4 heteroatoms. The number of nitrogens with zero attached hydrogens (tertiary/aromatic N) is 1. The Labute approximate surface area is 118 Å². The third kappa shape index (κ3) is 3.60. The SMILES string of the molecule is CC(CN=C1NC(=O)[C@H](C(C)C)S1)c1ccccc1. The second-order valence-corrected chi connectivity index (χ2v) is 6.36. The van der Waals surface area contributed by atoms with Crippen molar-refractivity contribution in [2.75, 3.05) is 6.54 Å². The van der Waals surface area contributed by atoms with Crippen molar-refractivity contribution in [1.29, 1.82) is 0 Å². The zero-order valence-electron chi connectivity index (χ0n) is 11.6. The molecule has 1 fully saturated rings. The maximum Gasteiger partial charge on any atom is 0.239 e. The molecule has 0 bridgehead atoms.